The fourth-order valence-corrected chi connectivity index (χ4v) is 1.59. The van der Waals surface area contributed by atoms with Crippen molar-refractivity contribution in [3.05, 3.63) is 41.9 Å². The first-order valence-corrected chi connectivity index (χ1v) is 5.49. The lowest BCUT2D eigenvalue weighted by molar-refractivity contribution is 0.0691. The maximum atomic E-state index is 11.1. The zero-order valence-corrected chi connectivity index (χ0v) is 9.92. The molecule has 18 heavy (non-hydrogen) atoms. The van der Waals surface area contributed by atoms with Crippen LogP contribution in [0.5, 0.6) is 0 Å². The highest BCUT2D eigenvalue weighted by atomic mass is 16.5. The average Bonchev–Trinajstić information content (AvgIpc) is 2.82. The fraction of sp³-hybridized carbons (Fsp3) is 0.231. The molecule has 0 saturated heterocycles. The molecular formula is C13H13NO4. The Morgan fingerprint density at radius 2 is 2.11 bits per heavy atom. The number of rotatable bonds is 5. The Morgan fingerprint density at radius 3 is 2.72 bits per heavy atom. The monoisotopic (exact) mass is 247 g/mol. The normalized spacial score (nSPS) is 10.5. The standard InChI is InChI=1S/C13H13NO4/c1-17-8-7-10-14-11(13(15)16)12(18-10)9-5-3-2-4-6-9/h2-6H,7-8H2,1H3,(H,15,16). The summed E-state index contributed by atoms with van der Waals surface area (Å²) >= 11 is 0. The second-order valence-electron chi connectivity index (χ2n) is 3.70. The van der Waals surface area contributed by atoms with Gasteiger partial charge in [0.05, 0.1) is 6.61 Å². The molecule has 5 nitrogen and oxygen atoms in total. The summed E-state index contributed by atoms with van der Waals surface area (Å²) in [5.41, 5.74) is 0.637. The summed E-state index contributed by atoms with van der Waals surface area (Å²) in [4.78, 5) is 15.1. The highest BCUT2D eigenvalue weighted by Gasteiger charge is 2.20. The van der Waals surface area contributed by atoms with E-state index in [1.54, 1.807) is 19.2 Å². The van der Waals surface area contributed by atoms with Gasteiger partial charge in [-0.3, -0.25) is 0 Å². The van der Waals surface area contributed by atoms with Crippen LogP contribution in [0.25, 0.3) is 11.3 Å². The van der Waals surface area contributed by atoms with Crippen LogP contribution < -0.4 is 0 Å². The highest BCUT2D eigenvalue weighted by molar-refractivity contribution is 5.92. The number of aromatic nitrogens is 1. The summed E-state index contributed by atoms with van der Waals surface area (Å²) in [6, 6.07) is 9.06. The molecule has 0 radical (unpaired) electrons. The summed E-state index contributed by atoms with van der Waals surface area (Å²) in [7, 11) is 1.57. The van der Waals surface area contributed by atoms with Gasteiger partial charge in [0.25, 0.3) is 0 Å². The number of nitrogens with zero attached hydrogens (tertiary/aromatic N) is 1. The third kappa shape index (κ3) is 2.57. The van der Waals surface area contributed by atoms with Crippen molar-refractivity contribution in [3.8, 4) is 11.3 Å². The van der Waals surface area contributed by atoms with E-state index in [4.69, 9.17) is 14.3 Å². The van der Waals surface area contributed by atoms with Gasteiger partial charge in [-0.2, -0.15) is 0 Å². The molecule has 0 spiro atoms. The minimum Gasteiger partial charge on any atom is -0.476 e. The van der Waals surface area contributed by atoms with Crippen LogP contribution in [-0.4, -0.2) is 29.8 Å². The van der Waals surface area contributed by atoms with Crippen molar-refractivity contribution in [2.24, 2.45) is 0 Å². The van der Waals surface area contributed by atoms with Gasteiger partial charge in [0.1, 0.15) is 0 Å². The number of ether oxygens (including phenoxy) is 1. The van der Waals surface area contributed by atoms with Crippen LogP contribution in [-0.2, 0) is 11.2 Å². The zero-order valence-electron chi connectivity index (χ0n) is 9.92. The second-order valence-corrected chi connectivity index (χ2v) is 3.70. The second kappa shape index (κ2) is 5.46. The van der Waals surface area contributed by atoms with Crippen LogP contribution in [0, 0.1) is 0 Å². The molecule has 2 aromatic rings. The number of oxazole rings is 1. The molecule has 0 amide bonds. The van der Waals surface area contributed by atoms with E-state index in [1.165, 1.54) is 0 Å². The predicted molar refractivity (Wildman–Crippen MR) is 64.5 cm³/mol. The molecule has 1 N–H and O–H groups in total. The Bertz CT molecular complexity index is 533. The lowest BCUT2D eigenvalue weighted by Crippen LogP contribution is -2.00. The van der Waals surface area contributed by atoms with Crippen molar-refractivity contribution >= 4 is 5.97 Å². The van der Waals surface area contributed by atoms with Gasteiger partial charge in [0.15, 0.2) is 17.3 Å². The Labute approximate surface area is 104 Å². The van der Waals surface area contributed by atoms with Crippen LogP contribution in [0.1, 0.15) is 16.4 Å². The first-order chi connectivity index (χ1) is 8.72. The molecule has 2 rings (SSSR count). The van der Waals surface area contributed by atoms with Crippen LogP contribution in [0.15, 0.2) is 34.7 Å². The lowest BCUT2D eigenvalue weighted by atomic mass is 10.1. The number of aromatic carboxylic acids is 1. The molecule has 0 aliphatic heterocycles. The van der Waals surface area contributed by atoms with E-state index in [2.05, 4.69) is 4.98 Å². The van der Waals surface area contributed by atoms with Gasteiger partial charge in [0, 0.05) is 19.1 Å². The van der Waals surface area contributed by atoms with Crippen LogP contribution >= 0.6 is 0 Å². The minimum absolute atomic E-state index is 0.0627. The molecule has 94 valence electrons. The highest BCUT2D eigenvalue weighted by Crippen LogP contribution is 2.25. The minimum atomic E-state index is -1.10. The molecule has 1 aromatic carbocycles. The molecule has 5 heteroatoms. The number of carbonyl (C=O) groups is 1. The van der Waals surface area contributed by atoms with Crippen molar-refractivity contribution in [2.45, 2.75) is 6.42 Å². The van der Waals surface area contributed by atoms with Gasteiger partial charge in [-0.15, -0.1) is 0 Å². The quantitative estimate of drug-likeness (QED) is 0.877. The van der Waals surface area contributed by atoms with E-state index in [0.717, 1.165) is 0 Å². The summed E-state index contributed by atoms with van der Waals surface area (Å²) in [5, 5.41) is 9.11. The molecule has 0 unspecified atom stereocenters. The van der Waals surface area contributed by atoms with Crippen LogP contribution in [0.2, 0.25) is 0 Å². The number of hydrogen-bond donors (Lipinski definition) is 1. The third-order valence-corrected chi connectivity index (χ3v) is 2.43. The fourth-order valence-electron chi connectivity index (χ4n) is 1.59. The van der Waals surface area contributed by atoms with Crippen molar-refractivity contribution in [2.75, 3.05) is 13.7 Å². The van der Waals surface area contributed by atoms with Gasteiger partial charge in [-0.1, -0.05) is 30.3 Å². The largest absolute Gasteiger partial charge is 0.476 e. The first kappa shape index (κ1) is 12.3. The van der Waals surface area contributed by atoms with Crippen LogP contribution in [0.4, 0.5) is 0 Å². The van der Waals surface area contributed by atoms with Gasteiger partial charge < -0.3 is 14.3 Å². The molecular weight excluding hydrogens is 234 g/mol. The number of carboxylic acids is 1. The Balaban J connectivity index is 2.39. The molecule has 0 fully saturated rings. The summed E-state index contributed by atoms with van der Waals surface area (Å²) in [6.45, 7) is 0.438. The van der Waals surface area contributed by atoms with Gasteiger partial charge in [-0.25, -0.2) is 9.78 Å². The number of methoxy groups -OCH3 is 1. The zero-order chi connectivity index (χ0) is 13.0. The Morgan fingerprint density at radius 1 is 1.39 bits per heavy atom. The summed E-state index contributed by atoms with van der Waals surface area (Å²) in [5.74, 6) is -0.441. The molecule has 0 atom stereocenters. The Hall–Kier alpha value is -2.14. The van der Waals surface area contributed by atoms with E-state index in [9.17, 15) is 4.79 Å². The molecule has 1 aromatic heterocycles. The summed E-state index contributed by atoms with van der Waals surface area (Å²) < 4.78 is 10.4. The third-order valence-electron chi connectivity index (χ3n) is 2.43. The van der Waals surface area contributed by atoms with Gasteiger partial charge in [-0.05, 0) is 0 Å². The predicted octanol–water partition coefficient (Wildman–Crippen LogP) is 2.23. The van der Waals surface area contributed by atoms with E-state index >= 15 is 0 Å². The van der Waals surface area contributed by atoms with Crippen LogP contribution in [0.3, 0.4) is 0 Å². The lowest BCUT2D eigenvalue weighted by Gasteiger charge is -1.96. The smallest absolute Gasteiger partial charge is 0.358 e. The van der Waals surface area contributed by atoms with E-state index in [1.807, 2.05) is 18.2 Å². The molecule has 0 saturated carbocycles. The maximum absolute atomic E-state index is 11.1. The average molecular weight is 247 g/mol. The topological polar surface area (TPSA) is 72.6 Å². The molecule has 1 heterocycles. The number of hydrogen-bond acceptors (Lipinski definition) is 4. The molecule has 0 bridgehead atoms. The van der Waals surface area contributed by atoms with E-state index < -0.39 is 5.97 Å². The van der Waals surface area contributed by atoms with Crippen molar-refractivity contribution in [1.82, 2.24) is 4.98 Å². The van der Waals surface area contributed by atoms with E-state index in [-0.39, 0.29) is 11.5 Å². The van der Waals surface area contributed by atoms with Crippen molar-refractivity contribution in [3.63, 3.8) is 0 Å². The first-order valence-electron chi connectivity index (χ1n) is 5.49. The Kier molecular flexibility index (Phi) is 3.74. The molecule has 0 aliphatic rings. The van der Waals surface area contributed by atoms with E-state index in [0.29, 0.717) is 24.5 Å². The number of benzene rings is 1. The summed E-state index contributed by atoms with van der Waals surface area (Å²) in [6.07, 6.45) is 0.448. The molecule has 0 aliphatic carbocycles. The van der Waals surface area contributed by atoms with Crippen molar-refractivity contribution < 1.29 is 19.1 Å². The SMILES string of the molecule is COCCc1nc(C(=O)O)c(-c2ccccc2)o1. The van der Waals surface area contributed by atoms with Crippen molar-refractivity contribution in [1.29, 1.82) is 0 Å². The van der Waals surface area contributed by atoms with Gasteiger partial charge in [0.2, 0.25) is 0 Å². The maximum Gasteiger partial charge on any atom is 0.358 e. The van der Waals surface area contributed by atoms with Gasteiger partial charge >= 0.3 is 5.97 Å². The number of carboxylic acid groups (broad SMARTS) is 1.